The maximum absolute atomic E-state index is 11.8. The molecule has 1 aromatic carbocycles. The molecule has 4 atom stereocenters. The number of benzene rings is 1. The molecule has 0 amide bonds. The van der Waals surface area contributed by atoms with Crippen molar-refractivity contribution in [2.45, 2.75) is 35.6 Å². The summed E-state index contributed by atoms with van der Waals surface area (Å²) in [5.41, 5.74) is 1.63. The zero-order valence-corrected chi connectivity index (χ0v) is 14.7. The molecule has 26 heavy (non-hydrogen) atoms. The molecular weight excluding hydrogens is 352 g/mol. The Morgan fingerprint density at radius 3 is 2.65 bits per heavy atom. The smallest absolute Gasteiger partial charge is 0.275 e. The summed E-state index contributed by atoms with van der Waals surface area (Å²) in [4.78, 5) is 22.6. The number of nitrogens with one attached hydrogen (secondary N) is 3. The van der Waals surface area contributed by atoms with Gasteiger partial charge in [0.25, 0.3) is 5.56 Å². The van der Waals surface area contributed by atoms with Crippen molar-refractivity contribution >= 4 is 22.8 Å². The number of hydrogen-bond donors (Lipinski definition) is 5. The SMILES string of the molecule is O=c1[nH]cnc2c(CC3N[C@H](CSc4ccccc4)C(O)C3O)c[nH]c12. The van der Waals surface area contributed by atoms with Gasteiger partial charge in [-0.2, -0.15) is 0 Å². The normalized spacial score (nSPS) is 25.8. The fourth-order valence-electron chi connectivity index (χ4n) is 3.37. The summed E-state index contributed by atoms with van der Waals surface area (Å²) in [6.07, 6.45) is 1.87. The molecule has 136 valence electrons. The van der Waals surface area contributed by atoms with Crippen molar-refractivity contribution in [1.82, 2.24) is 20.3 Å². The van der Waals surface area contributed by atoms with E-state index in [1.807, 2.05) is 30.3 Å². The number of hydrogen-bond acceptors (Lipinski definition) is 6. The Bertz CT molecular complexity index is 942. The average molecular weight is 372 g/mol. The van der Waals surface area contributed by atoms with Gasteiger partial charge in [-0.3, -0.25) is 4.79 Å². The molecule has 0 bridgehead atoms. The summed E-state index contributed by atoms with van der Waals surface area (Å²) in [5, 5.41) is 24.1. The van der Waals surface area contributed by atoms with Crippen molar-refractivity contribution in [3.63, 3.8) is 0 Å². The molecule has 3 unspecified atom stereocenters. The lowest BCUT2D eigenvalue weighted by molar-refractivity contribution is 0.0310. The van der Waals surface area contributed by atoms with Crippen molar-refractivity contribution < 1.29 is 10.2 Å². The molecular formula is C18H20N4O3S. The Labute approximate surface area is 153 Å². The first-order valence-corrected chi connectivity index (χ1v) is 9.45. The largest absolute Gasteiger partial charge is 0.389 e. The molecule has 2 aromatic heterocycles. The Morgan fingerprint density at radius 1 is 1.08 bits per heavy atom. The van der Waals surface area contributed by atoms with Gasteiger partial charge in [0, 0.05) is 28.9 Å². The van der Waals surface area contributed by atoms with Gasteiger partial charge in [-0.15, -0.1) is 11.8 Å². The number of H-pyrrole nitrogens is 2. The predicted octanol–water partition coefficient (Wildman–Crippen LogP) is 0.648. The molecule has 3 aromatic rings. The van der Waals surface area contributed by atoms with Crippen LogP contribution < -0.4 is 10.9 Å². The average Bonchev–Trinajstić information content (AvgIpc) is 3.19. The van der Waals surface area contributed by atoms with Gasteiger partial charge < -0.3 is 25.5 Å². The highest BCUT2D eigenvalue weighted by Gasteiger charge is 2.40. The number of aromatic nitrogens is 3. The van der Waals surface area contributed by atoms with Crippen LogP contribution >= 0.6 is 11.8 Å². The third kappa shape index (κ3) is 3.28. The standard InChI is InChI=1S/C18H20N4O3S/c23-16-12(6-10-7-19-15-14(10)20-9-21-18(15)25)22-13(17(16)24)8-26-11-4-2-1-3-5-11/h1-5,7,9,12-13,16-17,19,22-24H,6,8H2,(H,20,21,25)/t12?,13-,16?,17?/m1/s1. The molecule has 0 aliphatic carbocycles. The van der Waals surface area contributed by atoms with Gasteiger partial charge in [-0.05, 0) is 24.1 Å². The zero-order chi connectivity index (χ0) is 18.1. The van der Waals surface area contributed by atoms with Gasteiger partial charge in [0.15, 0.2) is 0 Å². The highest BCUT2D eigenvalue weighted by molar-refractivity contribution is 7.99. The molecule has 0 radical (unpaired) electrons. The van der Waals surface area contributed by atoms with Gasteiger partial charge in [0.2, 0.25) is 0 Å². The fraction of sp³-hybridized carbons (Fsp3) is 0.333. The second-order valence-electron chi connectivity index (χ2n) is 6.46. The quantitative estimate of drug-likeness (QED) is 0.420. The summed E-state index contributed by atoms with van der Waals surface area (Å²) < 4.78 is 0. The summed E-state index contributed by atoms with van der Waals surface area (Å²) in [7, 11) is 0. The third-order valence-electron chi connectivity index (χ3n) is 4.76. The Hall–Kier alpha value is -2.13. The molecule has 5 N–H and O–H groups in total. The molecule has 1 fully saturated rings. The minimum atomic E-state index is -0.872. The molecule has 8 heteroatoms. The van der Waals surface area contributed by atoms with Gasteiger partial charge in [0.05, 0.1) is 24.1 Å². The summed E-state index contributed by atoms with van der Waals surface area (Å²) in [6.45, 7) is 0. The van der Waals surface area contributed by atoms with Gasteiger partial charge in [-0.25, -0.2) is 4.98 Å². The molecule has 0 spiro atoms. The van der Waals surface area contributed by atoms with E-state index < -0.39 is 12.2 Å². The van der Waals surface area contributed by atoms with Crippen LogP contribution in [0, 0.1) is 0 Å². The first-order chi connectivity index (χ1) is 12.6. The predicted molar refractivity (Wildman–Crippen MR) is 100 cm³/mol. The van der Waals surface area contributed by atoms with Crippen LogP contribution in [0.4, 0.5) is 0 Å². The maximum atomic E-state index is 11.8. The molecule has 1 aliphatic heterocycles. The molecule has 0 saturated carbocycles. The molecule has 7 nitrogen and oxygen atoms in total. The van der Waals surface area contributed by atoms with Crippen molar-refractivity contribution in [2.24, 2.45) is 0 Å². The summed E-state index contributed by atoms with van der Waals surface area (Å²) in [6, 6.07) is 9.46. The van der Waals surface area contributed by atoms with E-state index in [9.17, 15) is 15.0 Å². The number of fused-ring (bicyclic) bond motifs is 1. The van der Waals surface area contributed by atoms with Crippen LogP contribution in [0.5, 0.6) is 0 Å². The minimum Gasteiger partial charge on any atom is -0.389 e. The second kappa shape index (κ2) is 7.24. The van der Waals surface area contributed by atoms with Gasteiger partial charge in [-0.1, -0.05) is 18.2 Å². The van der Waals surface area contributed by atoms with Gasteiger partial charge in [0.1, 0.15) is 5.52 Å². The molecule has 1 saturated heterocycles. The monoisotopic (exact) mass is 372 g/mol. The summed E-state index contributed by atoms with van der Waals surface area (Å²) in [5.74, 6) is 0.657. The third-order valence-corrected chi connectivity index (χ3v) is 5.89. The molecule has 4 rings (SSSR count). The number of rotatable bonds is 5. The number of nitrogens with zero attached hydrogens (tertiary/aromatic N) is 1. The Morgan fingerprint density at radius 2 is 1.85 bits per heavy atom. The number of aromatic amines is 2. The molecule has 3 heterocycles. The lowest BCUT2D eigenvalue weighted by Gasteiger charge is -2.15. The van der Waals surface area contributed by atoms with E-state index in [1.165, 1.54) is 6.33 Å². The number of thioether (sulfide) groups is 1. The van der Waals surface area contributed by atoms with Crippen LogP contribution in [-0.2, 0) is 6.42 Å². The van der Waals surface area contributed by atoms with Crippen LogP contribution in [0.3, 0.4) is 0 Å². The van der Waals surface area contributed by atoms with Crippen LogP contribution in [0.1, 0.15) is 5.56 Å². The lowest BCUT2D eigenvalue weighted by Crippen LogP contribution is -2.36. The minimum absolute atomic E-state index is 0.207. The van der Waals surface area contributed by atoms with Crippen LogP contribution in [-0.4, -0.2) is 55.2 Å². The highest BCUT2D eigenvalue weighted by Crippen LogP contribution is 2.25. The second-order valence-corrected chi connectivity index (χ2v) is 7.55. The Kier molecular flexibility index (Phi) is 4.82. The van der Waals surface area contributed by atoms with Crippen LogP contribution in [0.25, 0.3) is 11.0 Å². The maximum Gasteiger partial charge on any atom is 0.275 e. The first-order valence-electron chi connectivity index (χ1n) is 8.47. The van der Waals surface area contributed by atoms with Gasteiger partial charge >= 0.3 is 0 Å². The summed E-state index contributed by atoms with van der Waals surface area (Å²) >= 11 is 1.64. The van der Waals surface area contributed by atoms with E-state index in [0.717, 1.165) is 10.5 Å². The van der Waals surface area contributed by atoms with Crippen molar-refractivity contribution in [1.29, 1.82) is 0 Å². The Balaban J connectivity index is 1.45. The lowest BCUT2D eigenvalue weighted by atomic mass is 10.0. The van der Waals surface area contributed by atoms with Crippen LogP contribution in [0.15, 0.2) is 52.5 Å². The topological polar surface area (TPSA) is 114 Å². The highest BCUT2D eigenvalue weighted by atomic mass is 32.2. The number of aliphatic hydroxyl groups excluding tert-OH is 2. The van der Waals surface area contributed by atoms with E-state index in [-0.39, 0.29) is 17.6 Å². The van der Waals surface area contributed by atoms with E-state index in [2.05, 4.69) is 20.3 Å². The van der Waals surface area contributed by atoms with E-state index in [1.54, 1.807) is 18.0 Å². The molecule has 1 aliphatic rings. The van der Waals surface area contributed by atoms with E-state index in [0.29, 0.717) is 23.2 Å². The fourth-order valence-corrected chi connectivity index (χ4v) is 4.39. The van der Waals surface area contributed by atoms with Crippen molar-refractivity contribution in [3.05, 3.63) is 58.8 Å². The zero-order valence-electron chi connectivity index (χ0n) is 13.9. The van der Waals surface area contributed by atoms with Crippen molar-refractivity contribution in [2.75, 3.05) is 5.75 Å². The number of aliphatic hydroxyl groups is 2. The first kappa shape index (κ1) is 17.3. The van der Waals surface area contributed by atoms with E-state index >= 15 is 0 Å². The van der Waals surface area contributed by atoms with Crippen molar-refractivity contribution in [3.8, 4) is 0 Å². The van der Waals surface area contributed by atoms with E-state index in [4.69, 9.17) is 0 Å². The van der Waals surface area contributed by atoms with Crippen LogP contribution in [0.2, 0.25) is 0 Å².